The Balaban J connectivity index is 2.24. The average Bonchev–Trinajstić information content (AvgIpc) is 3.10. The molecule has 4 heteroatoms. The van der Waals surface area contributed by atoms with Crippen LogP contribution in [0.3, 0.4) is 0 Å². The van der Waals surface area contributed by atoms with E-state index < -0.39 is 0 Å². The number of nitrogens with zero attached hydrogens (tertiary/aromatic N) is 1. The van der Waals surface area contributed by atoms with Gasteiger partial charge in [-0.3, -0.25) is 0 Å². The van der Waals surface area contributed by atoms with Gasteiger partial charge in [-0.15, -0.1) is 0 Å². The second-order valence-electron chi connectivity index (χ2n) is 4.65. The highest BCUT2D eigenvalue weighted by atomic mass is 19.1. The third-order valence-corrected chi connectivity index (χ3v) is 3.14. The van der Waals surface area contributed by atoms with Crippen LogP contribution in [0.25, 0.3) is 0 Å². The van der Waals surface area contributed by atoms with E-state index in [1.807, 2.05) is 17.9 Å². The van der Waals surface area contributed by atoms with Crippen molar-refractivity contribution in [1.82, 2.24) is 0 Å². The maximum atomic E-state index is 14.0. The number of hydrogen-bond acceptors (Lipinski definition) is 3. The molecule has 0 saturated heterocycles. The summed E-state index contributed by atoms with van der Waals surface area (Å²) in [5.41, 5.74) is 7.09. The first-order valence-corrected chi connectivity index (χ1v) is 6.06. The molecule has 1 fully saturated rings. The summed E-state index contributed by atoms with van der Waals surface area (Å²) in [5.74, 6) is -0.250. The Labute approximate surface area is 101 Å². The lowest BCUT2D eigenvalue weighted by Crippen LogP contribution is -2.29. The van der Waals surface area contributed by atoms with Gasteiger partial charge in [0.1, 0.15) is 5.82 Å². The van der Waals surface area contributed by atoms with Crippen molar-refractivity contribution in [2.45, 2.75) is 31.8 Å². The predicted octanol–water partition coefficient (Wildman–Crippen LogP) is 1.81. The second-order valence-corrected chi connectivity index (χ2v) is 4.65. The van der Waals surface area contributed by atoms with Gasteiger partial charge in [-0.2, -0.15) is 0 Å². The van der Waals surface area contributed by atoms with Crippen LogP contribution in [0.4, 0.5) is 10.1 Å². The number of halogens is 1. The number of benzene rings is 1. The molecule has 0 aliphatic heterocycles. The minimum Gasteiger partial charge on any atom is -0.395 e. The Morgan fingerprint density at radius 1 is 1.53 bits per heavy atom. The van der Waals surface area contributed by atoms with Gasteiger partial charge in [0.15, 0.2) is 0 Å². The van der Waals surface area contributed by atoms with Gasteiger partial charge in [0.05, 0.1) is 12.3 Å². The van der Waals surface area contributed by atoms with Crippen molar-refractivity contribution in [3.63, 3.8) is 0 Å². The second kappa shape index (κ2) is 5.02. The summed E-state index contributed by atoms with van der Waals surface area (Å²) in [7, 11) is 0. The summed E-state index contributed by atoms with van der Waals surface area (Å²) in [6.07, 6.45) is 2.16. The average molecular weight is 238 g/mol. The molecule has 94 valence electrons. The van der Waals surface area contributed by atoms with E-state index in [-0.39, 0.29) is 18.5 Å². The molecular weight excluding hydrogens is 219 g/mol. The van der Waals surface area contributed by atoms with Crippen LogP contribution in [0.15, 0.2) is 18.2 Å². The summed E-state index contributed by atoms with van der Waals surface area (Å²) in [6.45, 7) is 2.37. The quantitative estimate of drug-likeness (QED) is 0.822. The molecule has 3 N–H and O–H groups in total. The molecule has 1 aliphatic carbocycles. The zero-order chi connectivity index (χ0) is 12.4. The Morgan fingerprint density at radius 2 is 2.24 bits per heavy atom. The number of nitrogens with two attached hydrogens (primary N) is 1. The number of hydrogen-bond donors (Lipinski definition) is 2. The Kier molecular flexibility index (Phi) is 3.64. The van der Waals surface area contributed by atoms with Gasteiger partial charge >= 0.3 is 0 Å². The van der Waals surface area contributed by atoms with Gasteiger partial charge in [-0.05, 0) is 37.5 Å². The van der Waals surface area contributed by atoms with Crippen LogP contribution in [0.1, 0.15) is 31.4 Å². The molecule has 2 rings (SSSR count). The van der Waals surface area contributed by atoms with Crippen molar-refractivity contribution in [3.8, 4) is 0 Å². The molecule has 3 nitrogen and oxygen atoms in total. The lowest BCUT2D eigenvalue weighted by atomic mass is 10.1. The van der Waals surface area contributed by atoms with E-state index in [1.165, 1.54) is 6.07 Å². The minimum atomic E-state index is -0.250. The molecule has 0 heterocycles. The molecule has 1 aromatic rings. The van der Waals surface area contributed by atoms with Crippen molar-refractivity contribution >= 4 is 5.69 Å². The fourth-order valence-corrected chi connectivity index (χ4v) is 2.03. The van der Waals surface area contributed by atoms with Crippen molar-refractivity contribution in [2.24, 2.45) is 5.73 Å². The molecule has 1 atom stereocenters. The summed E-state index contributed by atoms with van der Waals surface area (Å²) in [6, 6.07) is 5.34. The standard InChI is InChI=1S/C13H19FN2O/c1-9(15)10-2-5-13(12(14)8-10)16(6-7-17)11-3-4-11/h2,5,8-9,11,17H,3-4,6-7,15H2,1H3/t9-/m1/s1. The molecular formula is C13H19FN2O. The predicted molar refractivity (Wildman–Crippen MR) is 66.5 cm³/mol. The van der Waals surface area contributed by atoms with Gasteiger partial charge in [-0.25, -0.2) is 4.39 Å². The summed E-state index contributed by atoms with van der Waals surface area (Å²) in [5, 5.41) is 9.02. The Morgan fingerprint density at radius 3 is 2.71 bits per heavy atom. The van der Waals surface area contributed by atoms with E-state index >= 15 is 0 Å². The lowest BCUT2D eigenvalue weighted by Gasteiger charge is -2.24. The first-order valence-electron chi connectivity index (χ1n) is 6.06. The zero-order valence-corrected chi connectivity index (χ0v) is 10.1. The van der Waals surface area contributed by atoms with E-state index in [0.717, 1.165) is 18.4 Å². The molecule has 17 heavy (non-hydrogen) atoms. The van der Waals surface area contributed by atoms with E-state index in [9.17, 15) is 4.39 Å². The van der Waals surface area contributed by atoms with Crippen LogP contribution in [-0.2, 0) is 0 Å². The highest BCUT2D eigenvalue weighted by Gasteiger charge is 2.30. The Hall–Kier alpha value is -1.13. The van der Waals surface area contributed by atoms with Crippen molar-refractivity contribution in [2.75, 3.05) is 18.1 Å². The van der Waals surface area contributed by atoms with Crippen LogP contribution in [0.5, 0.6) is 0 Å². The van der Waals surface area contributed by atoms with E-state index in [1.54, 1.807) is 6.07 Å². The fourth-order valence-electron chi connectivity index (χ4n) is 2.03. The van der Waals surface area contributed by atoms with Crippen LogP contribution >= 0.6 is 0 Å². The zero-order valence-electron chi connectivity index (χ0n) is 10.1. The molecule has 1 aliphatic rings. The van der Waals surface area contributed by atoms with E-state index in [0.29, 0.717) is 18.3 Å². The first-order chi connectivity index (χ1) is 8.13. The Bertz CT molecular complexity index is 391. The normalized spacial score (nSPS) is 16.9. The number of rotatable bonds is 5. The number of aliphatic hydroxyl groups is 1. The third kappa shape index (κ3) is 2.76. The summed E-state index contributed by atoms with van der Waals surface area (Å²) >= 11 is 0. The minimum absolute atomic E-state index is 0.0466. The van der Waals surface area contributed by atoms with Gasteiger partial charge in [0.25, 0.3) is 0 Å². The smallest absolute Gasteiger partial charge is 0.146 e. The maximum Gasteiger partial charge on any atom is 0.146 e. The van der Waals surface area contributed by atoms with Gasteiger partial charge in [-0.1, -0.05) is 6.07 Å². The monoisotopic (exact) mass is 238 g/mol. The fraction of sp³-hybridized carbons (Fsp3) is 0.538. The maximum absolute atomic E-state index is 14.0. The summed E-state index contributed by atoms with van der Waals surface area (Å²) < 4.78 is 14.0. The highest BCUT2D eigenvalue weighted by molar-refractivity contribution is 5.51. The van der Waals surface area contributed by atoms with Crippen LogP contribution < -0.4 is 10.6 Å². The van der Waals surface area contributed by atoms with Gasteiger partial charge in [0, 0.05) is 18.6 Å². The van der Waals surface area contributed by atoms with E-state index in [4.69, 9.17) is 10.8 Å². The van der Waals surface area contributed by atoms with Gasteiger partial charge < -0.3 is 15.7 Å². The van der Waals surface area contributed by atoms with Crippen LogP contribution in [-0.4, -0.2) is 24.3 Å². The molecule has 0 amide bonds. The molecule has 1 aromatic carbocycles. The molecule has 0 radical (unpaired) electrons. The summed E-state index contributed by atoms with van der Waals surface area (Å²) in [4.78, 5) is 1.94. The SMILES string of the molecule is C[C@@H](N)c1ccc(N(CCO)C2CC2)c(F)c1. The number of anilines is 1. The van der Waals surface area contributed by atoms with Gasteiger partial charge in [0.2, 0.25) is 0 Å². The van der Waals surface area contributed by atoms with E-state index in [2.05, 4.69) is 0 Å². The topological polar surface area (TPSA) is 49.5 Å². The lowest BCUT2D eigenvalue weighted by molar-refractivity contribution is 0.301. The highest BCUT2D eigenvalue weighted by Crippen LogP contribution is 2.33. The van der Waals surface area contributed by atoms with Crippen molar-refractivity contribution in [1.29, 1.82) is 0 Å². The largest absolute Gasteiger partial charge is 0.395 e. The molecule has 0 bridgehead atoms. The molecule has 0 aromatic heterocycles. The third-order valence-electron chi connectivity index (χ3n) is 3.14. The van der Waals surface area contributed by atoms with Crippen LogP contribution in [0.2, 0.25) is 0 Å². The van der Waals surface area contributed by atoms with Crippen molar-refractivity contribution < 1.29 is 9.50 Å². The first kappa shape index (κ1) is 12.3. The van der Waals surface area contributed by atoms with Crippen molar-refractivity contribution in [3.05, 3.63) is 29.6 Å². The molecule has 0 unspecified atom stereocenters. The van der Waals surface area contributed by atoms with Crippen LogP contribution in [0, 0.1) is 5.82 Å². The number of aliphatic hydroxyl groups excluding tert-OH is 1. The molecule has 1 saturated carbocycles. The molecule has 0 spiro atoms.